The molecule has 4 nitrogen and oxygen atoms in total. The standard InChI is InChI=1S/C24H25N3O/c1-18-13-20(14-19-7-3-2-4-8-19)15-23(26-18)22-10-6-12-27(17-22)24(28)21-9-5-11-25-16-21/h2-5,7-9,11,13,15-16,22H,6,10,12,14,17H2,1H3/t22-/m0/s1. The summed E-state index contributed by atoms with van der Waals surface area (Å²) in [5.74, 6) is 0.346. The van der Waals surface area contributed by atoms with Gasteiger partial charge in [-0.05, 0) is 61.6 Å². The zero-order chi connectivity index (χ0) is 19.3. The van der Waals surface area contributed by atoms with Crippen LogP contribution < -0.4 is 0 Å². The van der Waals surface area contributed by atoms with Crippen molar-refractivity contribution in [3.8, 4) is 0 Å². The average molecular weight is 371 g/mol. The molecule has 0 aliphatic carbocycles. The number of hydrogen-bond donors (Lipinski definition) is 0. The van der Waals surface area contributed by atoms with Crippen molar-refractivity contribution in [2.45, 2.75) is 32.1 Å². The van der Waals surface area contributed by atoms with Crippen LogP contribution in [0.15, 0.2) is 67.0 Å². The first-order valence-electron chi connectivity index (χ1n) is 9.90. The molecule has 1 fully saturated rings. The first-order valence-corrected chi connectivity index (χ1v) is 9.90. The molecule has 0 N–H and O–H groups in total. The highest BCUT2D eigenvalue weighted by Crippen LogP contribution is 2.28. The molecule has 4 rings (SSSR count). The quantitative estimate of drug-likeness (QED) is 0.683. The molecule has 2 aromatic heterocycles. The number of hydrogen-bond acceptors (Lipinski definition) is 3. The van der Waals surface area contributed by atoms with E-state index in [1.807, 2.05) is 23.1 Å². The Morgan fingerprint density at radius 3 is 2.75 bits per heavy atom. The maximum atomic E-state index is 12.8. The molecule has 0 spiro atoms. The smallest absolute Gasteiger partial charge is 0.255 e. The van der Waals surface area contributed by atoms with Crippen molar-refractivity contribution in [1.82, 2.24) is 14.9 Å². The van der Waals surface area contributed by atoms with Crippen molar-refractivity contribution in [3.63, 3.8) is 0 Å². The van der Waals surface area contributed by atoms with E-state index >= 15 is 0 Å². The van der Waals surface area contributed by atoms with E-state index in [1.165, 1.54) is 11.1 Å². The number of aryl methyl sites for hydroxylation is 1. The maximum Gasteiger partial charge on any atom is 0.255 e. The van der Waals surface area contributed by atoms with Gasteiger partial charge in [0.25, 0.3) is 5.91 Å². The Morgan fingerprint density at radius 2 is 1.96 bits per heavy atom. The number of amides is 1. The van der Waals surface area contributed by atoms with E-state index in [-0.39, 0.29) is 11.8 Å². The van der Waals surface area contributed by atoms with Gasteiger partial charge in [0.1, 0.15) is 0 Å². The molecule has 1 saturated heterocycles. The number of carbonyl (C=O) groups is 1. The van der Waals surface area contributed by atoms with Crippen LogP contribution in [0, 0.1) is 6.92 Å². The van der Waals surface area contributed by atoms with Crippen LogP contribution in [-0.4, -0.2) is 33.9 Å². The van der Waals surface area contributed by atoms with Gasteiger partial charge in [0, 0.05) is 42.8 Å². The topological polar surface area (TPSA) is 46.1 Å². The van der Waals surface area contributed by atoms with Gasteiger partial charge in [-0.15, -0.1) is 0 Å². The van der Waals surface area contributed by atoms with Crippen molar-refractivity contribution in [1.29, 1.82) is 0 Å². The summed E-state index contributed by atoms with van der Waals surface area (Å²) in [7, 11) is 0. The van der Waals surface area contributed by atoms with Crippen molar-refractivity contribution in [3.05, 3.63) is 95.1 Å². The minimum atomic E-state index is 0.0648. The molecule has 3 aromatic rings. The highest BCUT2D eigenvalue weighted by atomic mass is 16.2. The number of rotatable bonds is 4. The lowest BCUT2D eigenvalue weighted by molar-refractivity contribution is 0.0705. The SMILES string of the molecule is Cc1cc(Cc2ccccc2)cc([C@H]2CCCN(C(=O)c3cccnc3)C2)n1. The van der Waals surface area contributed by atoms with Crippen LogP contribution in [0.25, 0.3) is 0 Å². The van der Waals surface area contributed by atoms with Crippen LogP contribution in [-0.2, 0) is 6.42 Å². The lowest BCUT2D eigenvalue weighted by atomic mass is 9.92. The van der Waals surface area contributed by atoms with Crippen LogP contribution in [0.3, 0.4) is 0 Å². The molecule has 28 heavy (non-hydrogen) atoms. The fourth-order valence-electron chi connectivity index (χ4n) is 3.99. The second-order valence-corrected chi connectivity index (χ2v) is 7.54. The molecule has 0 bridgehead atoms. The molecule has 4 heteroatoms. The molecular weight excluding hydrogens is 346 g/mol. The molecule has 1 amide bonds. The number of carbonyl (C=O) groups excluding carboxylic acids is 1. The molecule has 1 aliphatic heterocycles. The van der Waals surface area contributed by atoms with E-state index in [0.717, 1.165) is 43.7 Å². The average Bonchev–Trinajstić information content (AvgIpc) is 2.74. The summed E-state index contributed by atoms with van der Waals surface area (Å²) < 4.78 is 0. The lowest BCUT2D eigenvalue weighted by Crippen LogP contribution is -2.39. The second kappa shape index (κ2) is 8.34. The van der Waals surface area contributed by atoms with E-state index in [4.69, 9.17) is 4.98 Å². The number of pyridine rings is 2. The Hall–Kier alpha value is -3.01. The summed E-state index contributed by atoms with van der Waals surface area (Å²) in [5.41, 5.74) is 5.39. The summed E-state index contributed by atoms with van der Waals surface area (Å²) in [6.07, 6.45) is 6.32. The van der Waals surface area contributed by atoms with Gasteiger partial charge in [-0.2, -0.15) is 0 Å². The largest absolute Gasteiger partial charge is 0.338 e. The molecule has 0 radical (unpaired) electrons. The Bertz CT molecular complexity index is 941. The molecule has 3 heterocycles. The monoisotopic (exact) mass is 371 g/mol. The molecular formula is C24H25N3O. The Morgan fingerprint density at radius 1 is 1.11 bits per heavy atom. The van der Waals surface area contributed by atoms with E-state index < -0.39 is 0 Å². The molecule has 1 atom stereocenters. The summed E-state index contributed by atoms with van der Waals surface area (Å²) in [6, 6.07) is 18.5. The van der Waals surface area contributed by atoms with Crippen LogP contribution in [0.4, 0.5) is 0 Å². The Balaban J connectivity index is 1.52. The van der Waals surface area contributed by atoms with Crippen molar-refractivity contribution in [2.24, 2.45) is 0 Å². The lowest BCUT2D eigenvalue weighted by Gasteiger charge is -2.32. The molecule has 142 valence electrons. The zero-order valence-corrected chi connectivity index (χ0v) is 16.2. The van der Waals surface area contributed by atoms with E-state index in [0.29, 0.717) is 5.56 Å². The Kier molecular flexibility index (Phi) is 5.47. The predicted molar refractivity (Wildman–Crippen MR) is 110 cm³/mol. The first kappa shape index (κ1) is 18.4. The van der Waals surface area contributed by atoms with Crippen LogP contribution >= 0.6 is 0 Å². The summed E-state index contributed by atoms with van der Waals surface area (Å²) >= 11 is 0. The van der Waals surface area contributed by atoms with Gasteiger partial charge < -0.3 is 4.90 Å². The second-order valence-electron chi connectivity index (χ2n) is 7.54. The fourth-order valence-corrected chi connectivity index (χ4v) is 3.99. The molecule has 1 aromatic carbocycles. The number of benzene rings is 1. The normalized spacial score (nSPS) is 16.8. The third kappa shape index (κ3) is 4.28. The minimum absolute atomic E-state index is 0.0648. The van der Waals surface area contributed by atoms with Gasteiger partial charge in [-0.1, -0.05) is 30.3 Å². The highest BCUT2D eigenvalue weighted by Gasteiger charge is 2.26. The van der Waals surface area contributed by atoms with Crippen LogP contribution in [0.1, 0.15) is 51.6 Å². The molecule has 0 unspecified atom stereocenters. The van der Waals surface area contributed by atoms with Gasteiger partial charge >= 0.3 is 0 Å². The number of piperidine rings is 1. The fraction of sp³-hybridized carbons (Fsp3) is 0.292. The molecule has 1 aliphatic rings. The third-order valence-electron chi connectivity index (χ3n) is 5.32. The maximum absolute atomic E-state index is 12.8. The first-order chi connectivity index (χ1) is 13.7. The van der Waals surface area contributed by atoms with Crippen molar-refractivity contribution >= 4 is 5.91 Å². The Labute approximate surface area is 166 Å². The van der Waals surface area contributed by atoms with E-state index in [2.05, 4.69) is 48.3 Å². The van der Waals surface area contributed by atoms with Gasteiger partial charge in [0.15, 0.2) is 0 Å². The van der Waals surface area contributed by atoms with Gasteiger partial charge in [0.2, 0.25) is 0 Å². The summed E-state index contributed by atoms with van der Waals surface area (Å²) in [5, 5.41) is 0. The summed E-state index contributed by atoms with van der Waals surface area (Å²) in [6.45, 7) is 3.57. The number of aromatic nitrogens is 2. The molecule has 0 saturated carbocycles. The zero-order valence-electron chi connectivity index (χ0n) is 16.2. The predicted octanol–water partition coefficient (Wildman–Crippen LogP) is 4.40. The summed E-state index contributed by atoms with van der Waals surface area (Å²) in [4.78, 5) is 23.7. The minimum Gasteiger partial charge on any atom is -0.338 e. The van der Waals surface area contributed by atoms with E-state index in [1.54, 1.807) is 12.4 Å². The van der Waals surface area contributed by atoms with Crippen molar-refractivity contribution in [2.75, 3.05) is 13.1 Å². The van der Waals surface area contributed by atoms with E-state index in [9.17, 15) is 4.79 Å². The van der Waals surface area contributed by atoms with Crippen LogP contribution in [0.5, 0.6) is 0 Å². The highest BCUT2D eigenvalue weighted by molar-refractivity contribution is 5.94. The van der Waals surface area contributed by atoms with Crippen LogP contribution in [0.2, 0.25) is 0 Å². The number of likely N-dealkylation sites (tertiary alicyclic amines) is 1. The van der Waals surface area contributed by atoms with Gasteiger partial charge in [-0.3, -0.25) is 14.8 Å². The third-order valence-corrected chi connectivity index (χ3v) is 5.32. The number of nitrogens with zero attached hydrogens (tertiary/aromatic N) is 3. The van der Waals surface area contributed by atoms with Gasteiger partial charge in [0.05, 0.1) is 5.56 Å². The van der Waals surface area contributed by atoms with Crippen molar-refractivity contribution < 1.29 is 4.79 Å². The van der Waals surface area contributed by atoms with Gasteiger partial charge in [-0.25, -0.2) is 0 Å².